The van der Waals surface area contributed by atoms with Crippen molar-refractivity contribution in [2.24, 2.45) is 12.5 Å². The molecule has 1 saturated carbocycles. The Kier molecular flexibility index (Phi) is 4.40. The Morgan fingerprint density at radius 3 is 2.61 bits per heavy atom. The summed E-state index contributed by atoms with van der Waals surface area (Å²) in [7, 11) is 3.81. The van der Waals surface area contributed by atoms with Crippen molar-refractivity contribution in [2.45, 2.75) is 51.9 Å². The van der Waals surface area contributed by atoms with E-state index in [1.54, 1.807) is 7.11 Å². The number of nitrogens with one attached hydrogen (secondary N) is 1. The minimum absolute atomic E-state index is 0.0775. The molecule has 1 aromatic carbocycles. The second-order valence-electron chi connectivity index (χ2n) is 9.16. The number of aromatic nitrogens is 1. The zero-order valence-electron chi connectivity index (χ0n) is 17.6. The second kappa shape index (κ2) is 6.54. The third-order valence-corrected chi connectivity index (χ3v) is 6.14. The molecule has 1 heterocycles. The Labute approximate surface area is 167 Å². The zero-order chi connectivity index (χ0) is 20.1. The largest absolute Gasteiger partial charge is 0.501 e. The van der Waals surface area contributed by atoms with E-state index in [1.807, 2.05) is 6.07 Å². The van der Waals surface area contributed by atoms with Crippen molar-refractivity contribution in [3.8, 4) is 0 Å². The standard InChI is InChI=1S/C24H30N2O2/c1-23(2,3)21-14-16-13-18(9-10-20(16)26(21)4)25-22(27)24(11-12-24)17-7-6-8-19(15-17)28-5/h7,9-10,13-15H,6,8,11-12H2,1-5H3,(H,25,27). The maximum atomic E-state index is 13.1. The van der Waals surface area contributed by atoms with Gasteiger partial charge in [-0.3, -0.25) is 4.79 Å². The molecule has 0 unspecified atom stereocenters. The molecular weight excluding hydrogens is 348 g/mol. The van der Waals surface area contributed by atoms with E-state index >= 15 is 0 Å². The van der Waals surface area contributed by atoms with E-state index in [0.29, 0.717) is 0 Å². The van der Waals surface area contributed by atoms with Crippen LogP contribution in [0.4, 0.5) is 5.69 Å². The number of anilines is 1. The Morgan fingerprint density at radius 1 is 1.21 bits per heavy atom. The van der Waals surface area contributed by atoms with Crippen molar-refractivity contribution in [3.63, 3.8) is 0 Å². The van der Waals surface area contributed by atoms with Crippen LogP contribution in [-0.4, -0.2) is 17.6 Å². The van der Waals surface area contributed by atoms with Gasteiger partial charge in [-0.15, -0.1) is 0 Å². The topological polar surface area (TPSA) is 43.3 Å². The first-order chi connectivity index (χ1) is 13.2. The average Bonchev–Trinajstić information content (AvgIpc) is 3.41. The predicted octanol–water partition coefficient (Wildman–Crippen LogP) is 5.45. The Hall–Kier alpha value is -2.49. The summed E-state index contributed by atoms with van der Waals surface area (Å²) in [6, 6.07) is 8.43. The lowest BCUT2D eigenvalue weighted by Crippen LogP contribution is -2.26. The number of methoxy groups -OCH3 is 1. The highest BCUT2D eigenvalue weighted by atomic mass is 16.5. The van der Waals surface area contributed by atoms with Crippen LogP contribution in [0.5, 0.6) is 0 Å². The number of nitrogens with zero attached hydrogens (tertiary/aromatic N) is 1. The number of allylic oxidation sites excluding steroid dienone is 3. The number of hydrogen-bond acceptors (Lipinski definition) is 2. The van der Waals surface area contributed by atoms with Crippen LogP contribution in [0.25, 0.3) is 10.9 Å². The van der Waals surface area contributed by atoms with E-state index in [9.17, 15) is 4.79 Å². The first-order valence-electron chi connectivity index (χ1n) is 10.1. The van der Waals surface area contributed by atoms with Crippen molar-refractivity contribution in [1.29, 1.82) is 0 Å². The van der Waals surface area contributed by atoms with Crippen molar-refractivity contribution < 1.29 is 9.53 Å². The number of hydrogen-bond donors (Lipinski definition) is 1. The molecule has 0 spiro atoms. The number of aryl methyl sites for hydroxylation is 1. The second-order valence-corrected chi connectivity index (χ2v) is 9.16. The molecule has 2 aromatic rings. The van der Waals surface area contributed by atoms with Gasteiger partial charge in [0.15, 0.2) is 0 Å². The molecule has 4 nitrogen and oxygen atoms in total. The number of benzene rings is 1. The quantitative estimate of drug-likeness (QED) is 0.769. The van der Waals surface area contributed by atoms with Gasteiger partial charge in [0.25, 0.3) is 0 Å². The minimum atomic E-state index is -0.383. The van der Waals surface area contributed by atoms with Crippen molar-refractivity contribution in [1.82, 2.24) is 4.57 Å². The third-order valence-electron chi connectivity index (χ3n) is 6.14. The molecule has 0 bridgehead atoms. The summed E-state index contributed by atoms with van der Waals surface area (Å²) >= 11 is 0. The van der Waals surface area contributed by atoms with Gasteiger partial charge in [0.1, 0.15) is 0 Å². The van der Waals surface area contributed by atoms with Crippen LogP contribution in [0.15, 0.2) is 47.7 Å². The normalized spacial score (nSPS) is 18.5. The fourth-order valence-corrected chi connectivity index (χ4v) is 4.34. The van der Waals surface area contributed by atoms with E-state index in [0.717, 1.165) is 48.1 Å². The van der Waals surface area contributed by atoms with E-state index in [-0.39, 0.29) is 16.7 Å². The highest BCUT2D eigenvalue weighted by Crippen LogP contribution is 2.54. The van der Waals surface area contributed by atoms with E-state index in [2.05, 4.69) is 68.1 Å². The summed E-state index contributed by atoms with van der Waals surface area (Å²) in [6.07, 6.45) is 7.92. The molecular formula is C24H30N2O2. The molecule has 148 valence electrons. The van der Waals surface area contributed by atoms with Gasteiger partial charge in [-0.25, -0.2) is 0 Å². The van der Waals surface area contributed by atoms with Gasteiger partial charge < -0.3 is 14.6 Å². The Bertz CT molecular complexity index is 998. The summed E-state index contributed by atoms with van der Waals surface area (Å²) in [5.41, 5.74) is 4.15. The molecule has 0 saturated heterocycles. The maximum absolute atomic E-state index is 13.1. The summed E-state index contributed by atoms with van der Waals surface area (Å²) in [5, 5.41) is 4.34. The number of carbonyl (C=O) groups excluding carboxylic acids is 1. The van der Waals surface area contributed by atoms with Crippen LogP contribution in [0, 0.1) is 5.41 Å². The van der Waals surface area contributed by atoms with Gasteiger partial charge >= 0.3 is 0 Å². The fourth-order valence-electron chi connectivity index (χ4n) is 4.34. The molecule has 1 N–H and O–H groups in total. The first-order valence-corrected chi connectivity index (χ1v) is 10.1. The smallest absolute Gasteiger partial charge is 0.235 e. The summed E-state index contributed by atoms with van der Waals surface area (Å²) in [4.78, 5) is 13.1. The molecule has 1 fully saturated rings. The average molecular weight is 379 g/mol. The van der Waals surface area contributed by atoms with E-state index in [4.69, 9.17) is 4.74 Å². The monoisotopic (exact) mass is 378 g/mol. The summed E-state index contributed by atoms with van der Waals surface area (Å²) in [5.74, 6) is 1.07. The van der Waals surface area contributed by atoms with Gasteiger partial charge in [-0.1, -0.05) is 26.8 Å². The van der Waals surface area contributed by atoms with Crippen molar-refractivity contribution in [2.75, 3.05) is 12.4 Å². The van der Waals surface area contributed by atoms with Crippen LogP contribution in [0.2, 0.25) is 0 Å². The molecule has 28 heavy (non-hydrogen) atoms. The van der Waals surface area contributed by atoms with Gasteiger partial charge in [-0.2, -0.15) is 0 Å². The lowest BCUT2D eigenvalue weighted by Gasteiger charge is -2.21. The molecule has 0 radical (unpaired) electrons. The number of amides is 1. The molecule has 1 aromatic heterocycles. The van der Waals surface area contributed by atoms with Crippen LogP contribution in [0.1, 0.15) is 52.1 Å². The number of rotatable bonds is 4. The maximum Gasteiger partial charge on any atom is 0.235 e. The molecule has 0 aliphatic heterocycles. The van der Waals surface area contributed by atoms with Gasteiger partial charge in [-0.05, 0) is 55.2 Å². The summed E-state index contributed by atoms with van der Waals surface area (Å²) in [6.45, 7) is 6.67. The van der Waals surface area contributed by atoms with Gasteiger partial charge in [0, 0.05) is 41.2 Å². The summed E-state index contributed by atoms with van der Waals surface area (Å²) < 4.78 is 7.66. The molecule has 2 aliphatic carbocycles. The van der Waals surface area contributed by atoms with Gasteiger partial charge in [0.2, 0.25) is 5.91 Å². The highest BCUT2D eigenvalue weighted by Gasteiger charge is 2.52. The lowest BCUT2D eigenvalue weighted by atomic mass is 9.89. The van der Waals surface area contributed by atoms with E-state index < -0.39 is 0 Å². The minimum Gasteiger partial charge on any atom is -0.501 e. The molecule has 1 amide bonds. The van der Waals surface area contributed by atoms with E-state index in [1.165, 1.54) is 11.2 Å². The van der Waals surface area contributed by atoms with Crippen LogP contribution in [-0.2, 0) is 22.0 Å². The van der Waals surface area contributed by atoms with Gasteiger partial charge in [0.05, 0.1) is 18.3 Å². The SMILES string of the molecule is COC1=CC(C2(C(=O)Nc3ccc4c(c3)cc(C(C)(C)C)n4C)CC2)=CCC1. The molecule has 0 atom stereocenters. The Morgan fingerprint density at radius 2 is 1.96 bits per heavy atom. The fraction of sp³-hybridized carbons (Fsp3) is 0.458. The van der Waals surface area contributed by atoms with Crippen molar-refractivity contribution in [3.05, 3.63) is 53.4 Å². The van der Waals surface area contributed by atoms with Crippen molar-refractivity contribution >= 4 is 22.5 Å². The number of ether oxygens (including phenoxy) is 1. The van der Waals surface area contributed by atoms with Crippen LogP contribution < -0.4 is 5.32 Å². The zero-order valence-corrected chi connectivity index (χ0v) is 17.6. The Balaban J connectivity index is 1.59. The first kappa shape index (κ1) is 18.9. The molecule has 2 aliphatic rings. The third kappa shape index (κ3) is 3.15. The van der Waals surface area contributed by atoms with Crippen LogP contribution in [0.3, 0.4) is 0 Å². The predicted molar refractivity (Wildman–Crippen MR) is 114 cm³/mol. The number of fused-ring (bicyclic) bond motifs is 1. The highest BCUT2D eigenvalue weighted by molar-refractivity contribution is 6.01. The molecule has 4 heteroatoms. The van der Waals surface area contributed by atoms with Crippen LogP contribution >= 0.6 is 0 Å². The molecule has 4 rings (SSSR count). The lowest BCUT2D eigenvalue weighted by molar-refractivity contribution is -0.119. The number of carbonyl (C=O) groups is 1.